The number of carbonyl (C=O) groups is 2. The maximum atomic E-state index is 12.0. The molecule has 3 aromatic rings. The number of benzene rings is 2. The van der Waals surface area contributed by atoms with Crippen LogP contribution in [0.15, 0.2) is 64.2 Å². The number of amides is 2. The number of aromatic nitrogens is 1. The standard InChI is InChI=1S/C21H18BrClN4O2/c1-13-11-15(14(2)27(13)17-9-7-16(22)8-10-17)12-24-26-21(29)20(28)25-19-6-4-3-5-18(19)23/h3-12H,1-2H3,(H,25,28)(H,26,29)/b24-12-. The molecule has 1 aromatic heterocycles. The van der Waals surface area contributed by atoms with Gasteiger partial charge in [0.05, 0.1) is 16.9 Å². The molecule has 1 heterocycles. The molecule has 2 aromatic carbocycles. The third kappa shape index (κ3) is 4.93. The lowest BCUT2D eigenvalue weighted by Gasteiger charge is -2.09. The number of hydrogen-bond donors (Lipinski definition) is 2. The highest BCUT2D eigenvalue weighted by atomic mass is 79.9. The summed E-state index contributed by atoms with van der Waals surface area (Å²) in [5.41, 5.74) is 6.43. The van der Waals surface area contributed by atoms with Gasteiger partial charge in [0.25, 0.3) is 0 Å². The first-order chi connectivity index (χ1) is 13.9. The van der Waals surface area contributed by atoms with Gasteiger partial charge < -0.3 is 9.88 Å². The van der Waals surface area contributed by atoms with Gasteiger partial charge in [-0.2, -0.15) is 5.10 Å². The van der Waals surface area contributed by atoms with Crippen LogP contribution in [0.1, 0.15) is 17.0 Å². The lowest BCUT2D eigenvalue weighted by molar-refractivity contribution is -0.136. The fourth-order valence-corrected chi connectivity index (χ4v) is 3.31. The van der Waals surface area contributed by atoms with E-state index in [0.717, 1.165) is 27.1 Å². The van der Waals surface area contributed by atoms with E-state index in [2.05, 4.69) is 36.3 Å². The minimum Gasteiger partial charge on any atom is -0.318 e. The number of nitrogens with zero attached hydrogens (tertiary/aromatic N) is 2. The number of halogens is 2. The Bertz CT molecular complexity index is 1090. The zero-order valence-corrected chi connectivity index (χ0v) is 18.1. The van der Waals surface area contributed by atoms with Crippen molar-refractivity contribution in [2.45, 2.75) is 13.8 Å². The van der Waals surface area contributed by atoms with Gasteiger partial charge in [0.1, 0.15) is 0 Å². The number of hydrazone groups is 1. The summed E-state index contributed by atoms with van der Waals surface area (Å²) in [5, 5.41) is 6.70. The zero-order valence-electron chi connectivity index (χ0n) is 15.7. The summed E-state index contributed by atoms with van der Waals surface area (Å²) in [6.45, 7) is 3.95. The molecular weight excluding hydrogens is 456 g/mol. The fourth-order valence-electron chi connectivity index (χ4n) is 2.86. The van der Waals surface area contributed by atoms with Crippen LogP contribution in [0.2, 0.25) is 5.02 Å². The van der Waals surface area contributed by atoms with Gasteiger partial charge in [0.15, 0.2) is 0 Å². The van der Waals surface area contributed by atoms with Crippen LogP contribution in [0, 0.1) is 13.8 Å². The molecule has 0 aliphatic carbocycles. The molecule has 0 aliphatic rings. The summed E-state index contributed by atoms with van der Waals surface area (Å²) in [6, 6.07) is 16.6. The number of para-hydroxylation sites is 1. The van der Waals surface area contributed by atoms with Crippen LogP contribution in [-0.4, -0.2) is 22.6 Å². The zero-order chi connectivity index (χ0) is 21.0. The SMILES string of the molecule is Cc1cc(/C=N\NC(=O)C(=O)Nc2ccccc2Cl)c(C)n1-c1ccc(Br)cc1. The van der Waals surface area contributed by atoms with Gasteiger partial charge >= 0.3 is 11.8 Å². The van der Waals surface area contributed by atoms with Crippen molar-refractivity contribution in [1.82, 2.24) is 9.99 Å². The summed E-state index contributed by atoms with van der Waals surface area (Å²) < 4.78 is 3.09. The summed E-state index contributed by atoms with van der Waals surface area (Å²) in [6.07, 6.45) is 1.51. The second kappa shape index (κ2) is 9.07. The number of rotatable bonds is 4. The maximum absolute atomic E-state index is 12.0. The molecule has 0 bridgehead atoms. The molecule has 0 spiro atoms. The Morgan fingerprint density at radius 2 is 1.76 bits per heavy atom. The average Bonchev–Trinajstić information content (AvgIpc) is 2.97. The molecule has 2 amide bonds. The van der Waals surface area contributed by atoms with E-state index in [1.165, 1.54) is 6.21 Å². The molecule has 148 valence electrons. The van der Waals surface area contributed by atoms with Crippen molar-refractivity contribution < 1.29 is 9.59 Å². The Hall–Kier alpha value is -2.90. The second-order valence-electron chi connectivity index (χ2n) is 6.27. The minimum absolute atomic E-state index is 0.345. The summed E-state index contributed by atoms with van der Waals surface area (Å²) in [5.74, 6) is -1.74. The lowest BCUT2D eigenvalue weighted by Crippen LogP contribution is -2.32. The molecule has 0 saturated heterocycles. The first kappa shape index (κ1) is 20.8. The van der Waals surface area contributed by atoms with E-state index in [9.17, 15) is 9.59 Å². The van der Waals surface area contributed by atoms with E-state index >= 15 is 0 Å². The molecule has 3 rings (SSSR count). The van der Waals surface area contributed by atoms with Crippen molar-refractivity contribution in [3.8, 4) is 5.69 Å². The largest absolute Gasteiger partial charge is 0.329 e. The molecule has 2 N–H and O–H groups in total. The van der Waals surface area contributed by atoms with Crippen LogP contribution in [0.25, 0.3) is 5.69 Å². The van der Waals surface area contributed by atoms with Crippen LogP contribution in [0.4, 0.5) is 5.69 Å². The van der Waals surface area contributed by atoms with Gasteiger partial charge in [0.2, 0.25) is 0 Å². The van der Waals surface area contributed by atoms with Crippen molar-refractivity contribution in [1.29, 1.82) is 0 Å². The van der Waals surface area contributed by atoms with E-state index in [0.29, 0.717) is 10.7 Å². The Balaban J connectivity index is 1.68. The highest BCUT2D eigenvalue weighted by molar-refractivity contribution is 9.10. The predicted molar refractivity (Wildman–Crippen MR) is 119 cm³/mol. The van der Waals surface area contributed by atoms with Gasteiger partial charge in [-0.05, 0) is 56.3 Å². The monoisotopic (exact) mass is 472 g/mol. The molecule has 0 aliphatic heterocycles. The van der Waals surface area contributed by atoms with Crippen LogP contribution < -0.4 is 10.7 Å². The first-order valence-corrected chi connectivity index (χ1v) is 9.87. The third-order valence-corrected chi connectivity index (χ3v) is 5.11. The third-order valence-electron chi connectivity index (χ3n) is 4.25. The average molecular weight is 474 g/mol. The Morgan fingerprint density at radius 1 is 1.07 bits per heavy atom. The Labute approximate surface area is 181 Å². The molecule has 0 saturated carbocycles. The van der Waals surface area contributed by atoms with Gasteiger partial charge in [-0.3, -0.25) is 9.59 Å². The normalized spacial score (nSPS) is 10.9. The summed E-state index contributed by atoms with van der Waals surface area (Å²) in [7, 11) is 0. The molecule has 0 unspecified atom stereocenters. The molecule has 29 heavy (non-hydrogen) atoms. The fraction of sp³-hybridized carbons (Fsp3) is 0.0952. The molecule has 6 nitrogen and oxygen atoms in total. The molecule has 0 atom stereocenters. The van der Waals surface area contributed by atoms with Gasteiger partial charge in [-0.1, -0.05) is 39.7 Å². The van der Waals surface area contributed by atoms with Crippen LogP contribution in [0.5, 0.6) is 0 Å². The van der Waals surface area contributed by atoms with Gasteiger partial charge in [-0.15, -0.1) is 0 Å². The highest BCUT2D eigenvalue weighted by Crippen LogP contribution is 2.22. The van der Waals surface area contributed by atoms with E-state index in [1.54, 1.807) is 24.3 Å². The smallest absolute Gasteiger partial charge is 0.318 e. The van der Waals surface area contributed by atoms with Crippen molar-refractivity contribution in [2.24, 2.45) is 5.10 Å². The van der Waals surface area contributed by atoms with Crippen molar-refractivity contribution in [2.75, 3.05) is 5.32 Å². The number of nitrogens with one attached hydrogen (secondary N) is 2. The molecule has 0 radical (unpaired) electrons. The molecular formula is C21H18BrClN4O2. The number of anilines is 1. The quantitative estimate of drug-likeness (QED) is 0.330. The maximum Gasteiger partial charge on any atom is 0.329 e. The summed E-state index contributed by atoms with van der Waals surface area (Å²) in [4.78, 5) is 24.0. The first-order valence-electron chi connectivity index (χ1n) is 8.70. The van der Waals surface area contributed by atoms with E-state index in [1.807, 2.05) is 44.2 Å². The Morgan fingerprint density at radius 3 is 2.45 bits per heavy atom. The van der Waals surface area contributed by atoms with Gasteiger partial charge in [0, 0.05) is 27.1 Å². The second-order valence-corrected chi connectivity index (χ2v) is 7.59. The van der Waals surface area contributed by atoms with Gasteiger partial charge in [-0.25, -0.2) is 5.43 Å². The predicted octanol–water partition coefficient (Wildman–Crippen LogP) is 4.60. The number of carbonyl (C=O) groups excluding carboxylic acids is 2. The van der Waals surface area contributed by atoms with E-state index in [-0.39, 0.29) is 0 Å². The van der Waals surface area contributed by atoms with Crippen LogP contribution >= 0.6 is 27.5 Å². The number of aryl methyl sites for hydroxylation is 1. The molecule has 0 fully saturated rings. The highest BCUT2D eigenvalue weighted by Gasteiger charge is 2.14. The van der Waals surface area contributed by atoms with Crippen LogP contribution in [0.3, 0.4) is 0 Å². The van der Waals surface area contributed by atoms with Crippen molar-refractivity contribution in [3.63, 3.8) is 0 Å². The van der Waals surface area contributed by atoms with Crippen molar-refractivity contribution >= 4 is 51.2 Å². The van der Waals surface area contributed by atoms with Crippen LogP contribution in [-0.2, 0) is 9.59 Å². The topological polar surface area (TPSA) is 75.5 Å². The summed E-state index contributed by atoms with van der Waals surface area (Å²) >= 11 is 9.40. The van der Waals surface area contributed by atoms with Crippen molar-refractivity contribution in [3.05, 3.63) is 81.0 Å². The minimum atomic E-state index is -0.886. The van der Waals surface area contributed by atoms with E-state index in [4.69, 9.17) is 11.6 Å². The number of hydrogen-bond acceptors (Lipinski definition) is 3. The Kier molecular flexibility index (Phi) is 6.51. The molecule has 8 heteroatoms. The van der Waals surface area contributed by atoms with E-state index < -0.39 is 11.8 Å². The lowest BCUT2D eigenvalue weighted by atomic mass is 10.2.